The zero-order valence-corrected chi connectivity index (χ0v) is 8.43. The van der Waals surface area contributed by atoms with Gasteiger partial charge in [0.2, 0.25) is 0 Å². The Hall–Kier alpha value is -0.630. The Morgan fingerprint density at radius 3 is 2.31 bits per heavy atom. The average Bonchev–Trinajstić information content (AvgIpc) is 2.71. The summed E-state index contributed by atoms with van der Waals surface area (Å²) in [6, 6.07) is 9.82. The first kappa shape index (κ1) is 8.95. The maximum absolute atomic E-state index is 12.0. The second kappa shape index (κ2) is 4.05. The molecule has 1 fully saturated rings. The van der Waals surface area contributed by atoms with Gasteiger partial charge in [0.15, 0.2) is 0 Å². The van der Waals surface area contributed by atoms with Gasteiger partial charge in [-0.1, -0.05) is 31.0 Å². The number of hydrogen-bond acceptors (Lipinski definition) is 1. The van der Waals surface area contributed by atoms with Crippen molar-refractivity contribution < 1.29 is 4.21 Å². The Bertz CT molecular complexity index is 288. The molecule has 1 aliphatic rings. The van der Waals surface area contributed by atoms with E-state index >= 15 is 0 Å². The third-order valence-electron chi connectivity index (χ3n) is 2.58. The van der Waals surface area contributed by atoms with Crippen LogP contribution in [0.3, 0.4) is 0 Å². The van der Waals surface area contributed by atoms with Crippen molar-refractivity contribution in [2.75, 3.05) is 0 Å². The van der Waals surface area contributed by atoms with Gasteiger partial charge in [-0.2, -0.15) is 0 Å². The fourth-order valence-electron chi connectivity index (χ4n) is 1.85. The molecule has 0 aliphatic heterocycles. The van der Waals surface area contributed by atoms with E-state index in [0.717, 1.165) is 17.7 Å². The summed E-state index contributed by atoms with van der Waals surface area (Å²) in [6.45, 7) is 0. The molecule has 1 atom stereocenters. The summed E-state index contributed by atoms with van der Waals surface area (Å²) in [4.78, 5) is 0.995. The van der Waals surface area contributed by atoms with Crippen molar-refractivity contribution >= 4 is 10.8 Å². The molecule has 0 amide bonds. The first-order valence-electron chi connectivity index (χ1n) is 4.83. The molecule has 2 rings (SSSR count). The van der Waals surface area contributed by atoms with Gasteiger partial charge in [0.05, 0.1) is 10.8 Å². The predicted octanol–water partition coefficient (Wildman–Crippen LogP) is 2.74. The van der Waals surface area contributed by atoms with Crippen LogP contribution in [0.4, 0.5) is 0 Å². The third-order valence-corrected chi connectivity index (χ3v) is 4.39. The fraction of sp³-hybridized carbons (Fsp3) is 0.455. The molecule has 1 nitrogen and oxygen atoms in total. The first-order chi connectivity index (χ1) is 6.38. The van der Waals surface area contributed by atoms with E-state index in [1.165, 1.54) is 12.8 Å². The van der Waals surface area contributed by atoms with E-state index in [1.54, 1.807) is 0 Å². The molecular formula is C11H14OS. The maximum Gasteiger partial charge on any atom is 0.0560 e. The summed E-state index contributed by atoms with van der Waals surface area (Å²) < 4.78 is 12.0. The van der Waals surface area contributed by atoms with Crippen LogP contribution in [-0.4, -0.2) is 9.46 Å². The zero-order valence-electron chi connectivity index (χ0n) is 7.61. The third kappa shape index (κ3) is 1.99. The minimum absolute atomic E-state index is 0.419. The van der Waals surface area contributed by atoms with Gasteiger partial charge in [0.25, 0.3) is 0 Å². The van der Waals surface area contributed by atoms with Crippen molar-refractivity contribution in [3.63, 3.8) is 0 Å². The highest BCUT2D eigenvalue weighted by atomic mass is 32.2. The second-order valence-corrected chi connectivity index (χ2v) is 5.25. The smallest absolute Gasteiger partial charge is 0.0560 e. The molecule has 0 saturated heterocycles. The predicted molar refractivity (Wildman–Crippen MR) is 55.1 cm³/mol. The van der Waals surface area contributed by atoms with E-state index in [9.17, 15) is 4.21 Å². The van der Waals surface area contributed by atoms with Crippen molar-refractivity contribution in [3.8, 4) is 0 Å². The molecule has 0 unspecified atom stereocenters. The SMILES string of the molecule is O=[S@](c1ccccc1)C1CCCC1. The second-order valence-electron chi connectivity index (χ2n) is 3.52. The summed E-state index contributed by atoms with van der Waals surface area (Å²) in [5, 5.41) is 0.419. The van der Waals surface area contributed by atoms with E-state index in [4.69, 9.17) is 0 Å². The minimum atomic E-state index is -0.759. The van der Waals surface area contributed by atoms with Crippen LogP contribution in [0, 0.1) is 0 Å². The van der Waals surface area contributed by atoms with Crippen molar-refractivity contribution in [3.05, 3.63) is 30.3 Å². The van der Waals surface area contributed by atoms with Gasteiger partial charge in [-0.05, 0) is 25.0 Å². The van der Waals surface area contributed by atoms with Crippen molar-refractivity contribution in [1.82, 2.24) is 0 Å². The largest absolute Gasteiger partial charge is 0.254 e. The molecule has 1 aliphatic carbocycles. The molecule has 0 N–H and O–H groups in total. The molecule has 0 aromatic heterocycles. The Morgan fingerprint density at radius 2 is 1.69 bits per heavy atom. The van der Waals surface area contributed by atoms with Gasteiger partial charge in [-0.15, -0.1) is 0 Å². The highest BCUT2D eigenvalue weighted by Gasteiger charge is 2.21. The molecule has 0 radical (unpaired) electrons. The maximum atomic E-state index is 12.0. The van der Waals surface area contributed by atoms with E-state index in [-0.39, 0.29) is 0 Å². The normalized spacial score (nSPS) is 20.3. The highest BCUT2D eigenvalue weighted by Crippen LogP contribution is 2.26. The number of benzene rings is 1. The van der Waals surface area contributed by atoms with Gasteiger partial charge in [-0.25, -0.2) is 0 Å². The van der Waals surface area contributed by atoms with E-state index < -0.39 is 10.8 Å². The van der Waals surface area contributed by atoms with Gasteiger partial charge >= 0.3 is 0 Å². The zero-order chi connectivity index (χ0) is 9.10. The van der Waals surface area contributed by atoms with Crippen molar-refractivity contribution in [2.45, 2.75) is 35.8 Å². The highest BCUT2D eigenvalue weighted by molar-refractivity contribution is 7.85. The molecule has 1 saturated carbocycles. The van der Waals surface area contributed by atoms with Crippen molar-refractivity contribution in [1.29, 1.82) is 0 Å². The van der Waals surface area contributed by atoms with Crippen LogP contribution < -0.4 is 0 Å². The van der Waals surface area contributed by atoms with Crippen LogP contribution in [0.25, 0.3) is 0 Å². The van der Waals surface area contributed by atoms with Crippen LogP contribution in [0.5, 0.6) is 0 Å². The molecule has 1 aromatic rings. The lowest BCUT2D eigenvalue weighted by Crippen LogP contribution is -2.09. The van der Waals surface area contributed by atoms with Gasteiger partial charge < -0.3 is 0 Å². The molecule has 2 heteroatoms. The monoisotopic (exact) mass is 194 g/mol. The van der Waals surface area contributed by atoms with Crippen LogP contribution in [0.1, 0.15) is 25.7 Å². The Labute approximate surface area is 81.6 Å². The molecule has 0 spiro atoms. The van der Waals surface area contributed by atoms with Gasteiger partial charge in [-0.3, -0.25) is 4.21 Å². The van der Waals surface area contributed by atoms with Crippen molar-refractivity contribution in [2.24, 2.45) is 0 Å². The minimum Gasteiger partial charge on any atom is -0.254 e. The van der Waals surface area contributed by atoms with E-state index in [1.807, 2.05) is 30.3 Å². The summed E-state index contributed by atoms with van der Waals surface area (Å²) in [5.74, 6) is 0. The lowest BCUT2D eigenvalue weighted by atomic mass is 10.4. The van der Waals surface area contributed by atoms with Gasteiger partial charge in [0, 0.05) is 10.1 Å². The number of rotatable bonds is 2. The molecule has 1 aromatic carbocycles. The molecule has 0 heterocycles. The molecular weight excluding hydrogens is 180 g/mol. The Morgan fingerprint density at radius 1 is 1.08 bits per heavy atom. The van der Waals surface area contributed by atoms with E-state index in [0.29, 0.717) is 5.25 Å². The topological polar surface area (TPSA) is 17.1 Å². The Balaban J connectivity index is 2.13. The van der Waals surface area contributed by atoms with Crippen LogP contribution >= 0.6 is 0 Å². The Kier molecular flexibility index (Phi) is 2.79. The standard InChI is InChI=1S/C11H14OS/c12-13(11-8-4-5-9-11)10-6-2-1-3-7-10/h1-3,6-7,11H,4-5,8-9H2/t13-/m1/s1. The summed E-state index contributed by atoms with van der Waals surface area (Å²) in [7, 11) is -0.759. The van der Waals surface area contributed by atoms with Crippen LogP contribution in [-0.2, 0) is 10.8 Å². The fourth-order valence-corrected chi connectivity index (χ4v) is 3.42. The quantitative estimate of drug-likeness (QED) is 0.707. The molecule has 70 valence electrons. The number of hydrogen-bond donors (Lipinski definition) is 0. The lowest BCUT2D eigenvalue weighted by molar-refractivity contribution is 0.669. The summed E-state index contributed by atoms with van der Waals surface area (Å²) in [5.41, 5.74) is 0. The van der Waals surface area contributed by atoms with Crippen LogP contribution in [0.2, 0.25) is 0 Å². The lowest BCUT2D eigenvalue weighted by Gasteiger charge is -2.08. The first-order valence-corrected chi connectivity index (χ1v) is 6.05. The van der Waals surface area contributed by atoms with Gasteiger partial charge in [0.1, 0.15) is 0 Å². The average molecular weight is 194 g/mol. The molecule has 13 heavy (non-hydrogen) atoms. The summed E-state index contributed by atoms with van der Waals surface area (Å²) >= 11 is 0. The molecule has 0 bridgehead atoms. The van der Waals surface area contributed by atoms with E-state index in [2.05, 4.69) is 0 Å². The summed E-state index contributed by atoms with van der Waals surface area (Å²) in [6.07, 6.45) is 4.79. The van der Waals surface area contributed by atoms with Crippen LogP contribution in [0.15, 0.2) is 35.2 Å².